The first-order chi connectivity index (χ1) is 9.43. The first kappa shape index (κ1) is 14.3. The zero-order valence-electron chi connectivity index (χ0n) is 12.3. The molecule has 2 aromatic rings. The second kappa shape index (κ2) is 5.48. The molecule has 0 saturated carbocycles. The lowest BCUT2D eigenvalue weighted by atomic mass is 10.0. The molecular formula is C14H20N4O2. The Morgan fingerprint density at radius 1 is 1.40 bits per heavy atom. The molecule has 0 aliphatic rings. The highest BCUT2D eigenvalue weighted by molar-refractivity contribution is 5.80. The minimum Gasteiger partial charge on any atom is -0.467 e. The van der Waals surface area contributed by atoms with E-state index in [1.165, 1.54) is 7.11 Å². The Morgan fingerprint density at radius 3 is 2.70 bits per heavy atom. The summed E-state index contributed by atoms with van der Waals surface area (Å²) in [6.45, 7) is 5.98. The number of aryl methyl sites for hydroxylation is 1. The van der Waals surface area contributed by atoms with Crippen LogP contribution in [0.15, 0.2) is 12.1 Å². The lowest BCUT2D eigenvalue weighted by Crippen LogP contribution is -2.24. The molecule has 20 heavy (non-hydrogen) atoms. The van der Waals surface area contributed by atoms with Gasteiger partial charge in [0.25, 0.3) is 0 Å². The first-order valence-electron chi connectivity index (χ1n) is 6.63. The number of fused-ring (bicyclic) bond motifs is 1. The van der Waals surface area contributed by atoms with Gasteiger partial charge in [0.05, 0.1) is 7.11 Å². The molecule has 2 rings (SSSR count). The summed E-state index contributed by atoms with van der Waals surface area (Å²) >= 11 is 0. The average Bonchev–Trinajstić information content (AvgIpc) is 2.70. The van der Waals surface area contributed by atoms with Crippen LogP contribution < -0.4 is 5.73 Å². The molecule has 1 unspecified atom stereocenters. The predicted octanol–water partition coefficient (Wildman–Crippen LogP) is 2.08. The molecule has 0 amide bonds. The SMILES string of the molecule is COC(=O)C(CC(C)C)n1c(N)nc2ccc(C)nc21. The number of nitrogen functional groups attached to an aromatic ring is 1. The Labute approximate surface area is 118 Å². The minimum atomic E-state index is -0.501. The molecule has 2 aromatic heterocycles. The van der Waals surface area contributed by atoms with Crippen LogP contribution in [-0.2, 0) is 9.53 Å². The molecule has 6 nitrogen and oxygen atoms in total. The Balaban J connectivity index is 2.59. The van der Waals surface area contributed by atoms with E-state index in [1.54, 1.807) is 4.57 Å². The lowest BCUT2D eigenvalue weighted by Gasteiger charge is -2.19. The average molecular weight is 276 g/mol. The van der Waals surface area contributed by atoms with Gasteiger partial charge in [0.15, 0.2) is 5.65 Å². The van der Waals surface area contributed by atoms with Crippen molar-refractivity contribution in [2.24, 2.45) is 5.92 Å². The van der Waals surface area contributed by atoms with Gasteiger partial charge in [-0.25, -0.2) is 14.8 Å². The number of carbonyl (C=O) groups excluding carboxylic acids is 1. The van der Waals surface area contributed by atoms with Crippen molar-refractivity contribution >= 4 is 23.1 Å². The summed E-state index contributed by atoms with van der Waals surface area (Å²) in [5.74, 6) is 0.280. The minimum absolute atomic E-state index is 0.286. The van der Waals surface area contributed by atoms with Crippen LogP contribution in [0.4, 0.5) is 5.95 Å². The standard InChI is InChI=1S/C14H20N4O2/c1-8(2)7-11(13(19)20-4)18-12-10(17-14(18)15)6-5-9(3)16-12/h5-6,8,11H,7H2,1-4H3,(H2,15,17). The van der Waals surface area contributed by atoms with E-state index in [4.69, 9.17) is 10.5 Å². The predicted molar refractivity (Wildman–Crippen MR) is 77.2 cm³/mol. The van der Waals surface area contributed by atoms with Crippen LogP contribution >= 0.6 is 0 Å². The van der Waals surface area contributed by atoms with E-state index in [9.17, 15) is 4.79 Å². The molecule has 0 radical (unpaired) electrons. The highest BCUT2D eigenvalue weighted by Crippen LogP contribution is 2.27. The van der Waals surface area contributed by atoms with Gasteiger partial charge in [0.2, 0.25) is 5.95 Å². The van der Waals surface area contributed by atoms with E-state index in [-0.39, 0.29) is 11.9 Å². The molecule has 2 heterocycles. The maximum Gasteiger partial charge on any atom is 0.329 e. The Hall–Kier alpha value is -2.11. The van der Waals surface area contributed by atoms with Crippen LogP contribution in [0.2, 0.25) is 0 Å². The highest BCUT2D eigenvalue weighted by atomic mass is 16.5. The lowest BCUT2D eigenvalue weighted by molar-refractivity contribution is -0.145. The molecular weight excluding hydrogens is 256 g/mol. The molecule has 0 aliphatic carbocycles. The first-order valence-corrected chi connectivity index (χ1v) is 6.63. The number of carbonyl (C=O) groups is 1. The summed E-state index contributed by atoms with van der Waals surface area (Å²) in [6, 6.07) is 3.22. The fourth-order valence-electron chi connectivity index (χ4n) is 2.28. The fourth-order valence-corrected chi connectivity index (χ4v) is 2.28. The number of hydrogen-bond donors (Lipinski definition) is 1. The fraction of sp³-hybridized carbons (Fsp3) is 0.500. The van der Waals surface area contributed by atoms with Crippen LogP contribution in [-0.4, -0.2) is 27.6 Å². The van der Waals surface area contributed by atoms with Crippen molar-refractivity contribution in [1.29, 1.82) is 0 Å². The van der Waals surface area contributed by atoms with E-state index >= 15 is 0 Å². The van der Waals surface area contributed by atoms with E-state index in [0.717, 1.165) is 5.69 Å². The number of imidazole rings is 1. The van der Waals surface area contributed by atoms with Gasteiger partial charge in [-0.1, -0.05) is 13.8 Å². The van der Waals surface area contributed by atoms with Crippen molar-refractivity contribution in [3.63, 3.8) is 0 Å². The molecule has 2 N–H and O–H groups in total. The largest absolute Gasteiger partial charge is 0.467 e. The number of methoxy groups -OCH3 is 1. The molecule has 0 aliphatic heterocycles. The second-order valence-electron chi connectivity index (χ2n) is 5.30. The third kappa shape index (κ3) is 2.59. The van der Waals surface area contributed by atoms with Crippen molar-refractivity contribution in [3.05, 3.63) is 17.8 Å². The summed E-state index contributed by atoms with van der Waals surface area (Å²) in [6.07, 6.45) is 0.623. The smallest absolute Gasteiger partial charge is 0.329 e. The summed E-state index contributed by atoms with van der Waals surface area (Å²) in [4.78, 5) is 20.8. The number of nitrogens with two attached hydrogens (primary N) is 1. The Kier molecular flexibility index (Phi) is 3.92. The molecule has 0 fully saturated rings. The number of pyridine rings is 1. The van der Waals surface area contributed by atoms with E-state index in [1.807, 2.05) is 32.9 Å². The van der Waals surface area contributed by atoms with Gasteiger partial charge in [0, 0.05) is 5.69 Å². The van der Waals surface area contributed by atoms with Crippen LogP contribution in [0.25, 0.3) is 11.2 Å². The molecule has 0 aromatic carbocycles. The molecule has 0 bridgehead atoms. The zero-order chi connectivity index (χ0) is 14.9. The summed E-state index contributed by atoms with van der Waals surface area (Å²) < 4.78 is 6.58. The number of esters is 1. The van der Waals surface area contributed by atoms with Crippen LogP contribution in [0.3, 0.4) is 0 Å². The van der Waals surface area contributed by atoms with Crippen LogP contribution in [0.5, 0.6) is 0 Å². The number of aromatic nitrogens is 3. The van der Waals surface area contributed by atoms with Gasteiger partial charge in [0.1, 0.15) is 11.6 Å². The molecule has 0 spiro atoms. The normalized spacial score (nSPS) is 12.8. The van der Waals surface area contributed by atoms with Gasteiger partial charge in [-0.3, -0.25) is 4.57 Å². The van der Waals surface area contributed by atoms with Gasteiger partial charge in [-0.2, -0.15) is 0 Å². The van der Waals surface area contributed by atoms with Crippen molar-refractivity contribution < 1.29 is 9.53 Å². The van der Waals surface area contributed by atoms with Crippen molar-refractivity contribution in [1.82, 2.24) is 14.5 Å². The van der Waals surface area contributed by atoms with Crippen LogP contribution in [0, 0.1) is 12.8 Å². The number of anilines is 1. The van der Waals surface area contributed by atoms with Gasteiger partial charge < -0.3 is 10.5 Å². The van der Waals surface area contributed by atoms with Crippen molar-refractivity contribution in [2.75, 3.05) is 12.8 Å². The van der Waals surface area contributed by atoms with E-state index in [2.05, 4.69) is 9.97 Å². The summed E-state index contributed by atoms with van der Waals surface area (Å²) in [7, 11) is 1.38. The van der Waals surface area contributed by atoms with Gasteiger partial charge >= 0.3 is 5.97 Å². The zero-order valence-corrected chi connectivity index (χ0v) is 12.3. The highest BCUT2D eigenvalue weighted by Gasteiger charge is 2.27. The Morgan fingerprint density at radius 2 is 2.10 bits per heavy atom. The summed E-state index contributed by atoms with van der Waals surface area (Å²) in [5.41, 5.74) is 8.14. The molecule has 6 heteroatoms. The Bertz CT molecular complexity index is 633. The van der Waals surface area contributed by atoms with Gasteiger partial charge in [-0.05, 0) is 31.4 Å². The van der Waals surface area contributed by atoms with Crippen molar-refractivity contribution in [2.45, 2.75) is 33.2 Å². The number of nitrogens with zero attached hydrogens (tertiary/aromatic N) is 3. The number of rotatable bonds is 4. The van der Waals surface area contributed by atoms with Crippen LogP contribution in [0.1, 0.15) is 32.0 Å². The molecule has 1 atom stereocenters. The third-order valence-corrected chi connectivity index (χ3v) is 3.18. The van der Waals surface area contributed by atoms with E-state index < -0.39 is 6.04 Å². The third-order valence-electron chi connectivity index (χ3n) is 3.18. The second-order valence-corrected chi connectivity index (χ2v) is 5.30. The summed E-state index contributed by atoms with van der Waals surface area (Å²) in [5, 5.41) is 0. The molecule has 108 valence electrons. The maximum atomic E-state index is 12.1. The monoisotopic (exact) mass is 276 g/mol. The number of hydrogen-bond acceptors (Lipinski definition) is 5. The van der Waals surface area contributed by atoms with Gasteiger partial charge in [-0.15, -0.1) is 0 Å². The molecule has 0 saturated heterocycles. The maximum absolute atomic E-state index is 12.1. The quantitative estimate of drug-likeness (QED) is 0.864. The van der Waals surface area contributed by atoms with Crippen molar-refractivity contribution in [3.8, 4) is 0 Å². The van der Waals surface area contributed by atoms with E-state index in [0.29, 0.717) is 23.5 Å². The topological polar surface area (TPSA) is 83.0 Å². The number of ether oxygens (including phenoxy) is 1.